The number of hydrazine groups is 1. The minimum atomic E-state index is -0.0951. The third-order valence-corrected chi connectivity index (χ3v) is 4.14. The van der Waals surface area contributed by atoms with Crippen molar-refractivity contribution in [1.82, 2.24) is 15.2 Å². The molecule has 1 amide bonds. The fourth-order valence-corrected chi connectivity index (χ4v) is 2.98. The lowest BCUT2D eigenvalue weighted by atomic mass is 9.84. The van der Waals surface area contributed by atoms with Gasteiger partial charge in [-0.2, -0.15) is 0 Å². The Hall–Kier alpha value is -1.66. The second-order valence-electron chi connectivity index (χ2n) is 5.29. The summed E-state index contributed by atoms with van der Waals surface area (Å²) in [5.41, 5.74) is 3.63. The Morgan fingerprint density at radius 1 is 1.37 bits per heavy atom. The normalized spacial score (nSPS) is 29.0. The van der Waals surface area contributed by atoms with Gasteiger partial charge in [0.15, 0.2) is 0 Å². The Balaban J connectivity index is 1.64. The number of nitrogens with two attached hydrogens (primary N) is 1. The van der Waals surface area contributed by atoms with Gasteiger partial charge in [-0.1, -0.05) is 0 Å². The Morgan fingerprint density at radius 3 is 2.68 bits per heavy atom. The molecule has 3 aliphatic rings. The van der Waals surface area contributed by atoms with E-state index < -0.39 is 0 Å². The highest BCUT2D eigenvalue weighted by Crippen LogP contribution is 2.27. The van der Waals surface area contributed by atoms with Gasteiger partial charge in [0.25, 0.3) is 5.91 Å². The van der Waals surface area contributed by atoms with Crippen LogP contribution in [0.3, 0.4) is 0 Å². The molecule has 102 valence electrons. The second kappa shape index (κ2) is 5.14. The van der Waals surface area contributed by atoms with Gasteiger partial charge in [0.1, 0.15) is 5.69 Å². The van der Waals surface area contributed by atoms with Gasteiger partial charge in [-0.25, -0.2) is 4.98 Å². The fourth-order valence-electron chi connectivity index (χ4n) is 2.98. The topological polar surface area (TPSA) is 83.3 Å². The van der Waals surface area contributed by atoms with E-state index in [0.29, 0.717) is 17.3 Å². The zero-order chi connectivity index (χ0) is 13.2. The van der Waals surface area contributed by atoms with Crippen LogP contribution < -0.4 is 16.6 Å². The predicted octanol–water partition coefficient (Wildman–Crippen LogP) is 0.191. The Kier molecular flexibility index (Phi) is 3.35. The smallest absolute Gasteiger partial charge is 0.270 e. The number of pyridine rings is 1. The van der Waals surface area contributed by atoms with E-state index in [1.165, 1.54) is 25.9 Å². The van der Waals surface area contributed by atoms with Gasteiger partial charge in [-0.05, 0) is 44.0 Å². The van der Waals surface area contributed by atoms with Gasteiger partial charge >= 0.3 is 0 Å². The van der Waals surface area contributed by atoms with Crippen LogP contribution in [0.1, 0.15) is 23.3 Å². The first-order valence-electron chi connectivity index (χ1n) is 6.72. The van der Waals surface area contributed by atoms with Gasteiger partial charge < -0.3 is 15.6 Å². The van der Waals surface area contributed by atoms with Crippen LogP contribution in [-0.4, -0.2) is 41.5 Å². The SMILES string of the molecule is NNc1ccc(C(=O)NC2CN3CCC2CC3)nc1. The number of aromatic nitrogens is 1. The molecule has 4 N–H and O–H groups in total. The number of nitrogen functional groups attached to an aromatic ring is 1. The number of carbonyl (C=O) groups excluding carboxylic acids is 1. The number of amides is 1. The van der Waals surface area contributed by atoms with Crippen molar-refractivity contribution in [3.05, 3.63) is 24.0 Å². The number of fused-ring (bicyclic) bond motifs is 3. The molecule has 3 fully saturated rings. The summed E-state index contributed by atoms with van der Waals surface area (Å²) >= 11 is 0. The molecule has 0 radical (unpaired) electrons. The number of anilines is 1. The summed E-state index contributed by atoms with van der Waals surface area (Å²) in [5.74, 6) is 5.80. The number of hydrogen-bond donors (Lipinski definition) is 3. The summed E-state index contributed by atoms with van der Waals surface area (Å²) in [6.07, 6.45) is 3.94. The van der Waals surface area contributed by atoms with E-state index in [0.717, 1.165) is 6.54 Å². The van der Waals surface area contributed by atoms with Crippen LogP contribution in [0.5, 0.6) is 0 Å². The van der Waals surface area contributed by atoms with Crippen LogP contribution in [0.2, 0.25) is 0 Å². The van der Waals surface area contributed by atoms with Crippen molar-refractivity contribution < 1.29 is 4.79 Å². The highest BCUT2D eigenvalue weighted by Gasteiger charge is 2.35. The first-order chi connectivity index (χ1) is 9.26. The van der Waals surface area contributed by atoms with Crippen LogP contribution in [0.4, 0.5) is 5.69 Å². The van der Waals surface area contributed by atoms with Crippen LogP contribution >= 0.6 is 0 Å². The predicted molar refractivity (Wildman–Crippen MR) is 72.5 cm³/mol. The lowest BCUT2D eigenvalue weighted by molar-refractivity contribution is 0.0618. The van der Waals surface area contributed by atoms with Crippen molar-refractivity contribution in [3.63, 3.8) is 0 Å². The van der Waals surface area contributed by atoms with E-state index in [-0.39, 0.29) is 11.9 Å². The number of carbonyl (C=O) groups is 1. The van der Waals surface area contributed by atoms with Gasteiger partial charge in [-0.3, -0.25) is 10.6 Å². The van der Waals surface area contributed by atoms with Crippen LogP contribution in [0.15, 0.2) is 18.3 Å². The maximum absolute atomic E-state index is 12.1. The van der Waals surface area contributed by atoms with Crippen LogP contribution in [-0.2, 0) is 0 Å². The third-order valence-electron chi connectivity index (χ3n) is 4.14. The molecule has 0 spiro atoms. The molecule has 1 atom stereocenters. The third kappa shape index (κ3) is 2.54. The first-order valence-corrected chi connectivity index (χ1v) is 6.72. The minimum Gasteiger partial charge on any atom is -0.346 e. The maximum atomic E-state index is 12.1. The van der Waals surface area contributed by atoms with E-state index >= 15 is 0 Å². The lowest BCUT2D eigenvalue weighted by Crippen LogP contribution is -2.57. The average molecular weight is 261 g/mol. The molecule has 19 heavy (non-hydrogen) atoms. The standard InChI is InChI=1S/C13H19N5O/c14-17-10-1-2-11(15-7-10)13(19)16-12-8-18-5-3-9(12)4-6-18/h1-2,7,9,12,17H,3-6,8,14H2,(H,16,19). The van der Waals surface area contributed by atoms with Crippen molar-refractivity contribution in [2.24, 2.45) is 11.8 Å². The van der Waals surface area contributed by atoms with Crippen LogP contribution in [0, 0.1) is 5.92 Å². The second-order valence-corrected chi connectivity index (χ2v) is 5.29. The number of nitrogens with zero attached hydrogens (tertiary/aromatic N) is 2. The molecule has 3 aliphatic heterocycles. The highest BCUT2D eigenvalue weighted by molar-refractivity contribution is 5.92. The average Bonchev–Trinajstić information content (AvgIpc) is 2.48. The summed E-state index contributed by atoms with van der Waals surface area (Å²) in [6.45, 7) is 3.32. The number of nitrogens with one attached hydrogen (secondary N) is 2. The molecule has 4 rings (SSSR count). The fraction of sp³-hybridized carbons (Fsp3) is 0.538. The molecule has 1 unspecified atom stereocenters. The number of piperidine rings is 3. The molecule has 2 bridgehead atoms. The molecule has 6 nitrogen and oxygen atoms in total. The number of rotatable bonds is 3. The molecule has 0 aromatic carbocycles. The molecule has 6 heteroatoms. The van der Waals surface area contributed by atoms with Crippen molar-refractivity contribution in [2.75, 3.05) is 25.1 Å². The van der Waals surface area contributed by atoms with E-state index in [1.54, 1.807) is 18.3 Å². The molecule has 1 aromatic heterocycles. The first kappa shape index (κ1) is 12.4. The molecule has 4 heterocycles. The van der Waals surface area contributed by atoms with Gasteiger partial charge in [0, 0.05) is 12.6 Å². The summed E-state index contributed by atoms with van der Waals surface area (Å²) in [6, 6.07) is 3.70. The highest BCUT2D eigenvalue weighted by atomic mass is 16.1. The molecule has 0 saturated carbocycles. The van der Waals surface area contributed by atoms with Crippen molar-refractivity contribution >= 4 is 11.6 Å². The molecule has 1 aromatic rings. The monoisotopic (exact) mass is 261 g/mol. The van der Waals surface area contributed by atoms with Crippen molar-refractivity contribution in [2.45, 2.75) is 18.9 Å². The Bertz CT molecular complexity index is 453. The molecule has 0 aliphatic carbocycles. The van der Waals surface area contributed by atoms with Gasteiger partial charge in [0.05, 0.1) is 11.9 Å². The number of hydrogen-bond acceptors (Lipinski definition) is 5. The van der Waals surface area contributed by atoms with E-state index in [9.17, 15) is 4.79 Å². The van der Waals surface area contributed by atoms with Crippen molar-refractivity contribution in [1.29, 1.82) is 0 Å². The zero-order valence-electron chi connectivity index (χ0n) is 10.8. The van der Waals surface area contributed by atoms with Gasteiger partial charge in [-0.15, -0.1) is 0 Å². The molecule has 3 saturated heterocycles. The zero-order valence-corrected chi connectivity index (χ0v) is 10.8. The minimum absolute atomic E-state index is 0.0951. The molecular formula is C13H19N5O. The quantitative estimate of drug-likeness (QED) is 0.534. The molecular weight excluding hydrogens is 242 g/mol. The lowest BCUT2D eigenvalue weighted by Gasteiger charge is -2.44. The summed E-state index contributed by atoms with van der Waals surface area (Å²) in [7, 11) is 0. The maximum Gasteiger partial charge on any atom is 0.270 e. The van der Waals surface area contributed by atoms with E-state index in [4.69, 9.17) is 5.84 Å². The van der Waals surface area contributed by atoms with Crippen LogP contribution in [0.25, 0.3) is 0 Å². The Labute approximate surface area is 112 Å². The van der Waals surface area contributed by atoms with Crippen molar-refractivity contribution in [3.8, 4) is 0 Å². The van der Waals surface area contributed by atoms with E-state index in [2.05, 4.69) is 20.6 Å². The Morgan fingerprint density at radius 2 is 2.16 bits per heavy atom. The summed E-state index contributed by atoms with van der Waals surface area (Å²) in [5, 5.41) is 3.11. The van der Waals surface area contributed by atoms with Gasteiger partial charge in [0.2, 0.25) is 0 Å². The largest absolute Gasteiger partial charge is 0.346 e. The summed E-state index contributed by atoms with van der Waals surface area (Å²) in [4.78, 5) is 18.7. The summed E-state index contributed by atoms with van der Waals surface area (Å²) < 4.78 is 0. The van der Waals surface area contributed by atoms with E-state index in [1.807, 2.05) is 0 Å².